The van der Waals surface area contributed by atoms with Gasteiger partial charge in [0.05, 0.1) is 4.90 Å². The summed E-state index contributed by atoms with van der Waals surface area (Å²) >= 11 is 0. The van der Waals surface area contributed by atoms with E-state index in [-0.39, 0.29) is 6.54 Å². The molecule has 0 spiro atoms. The summed E-state index contributed by atoms with van der Waals surface area (Å²) in [6.45, 7) is 2.28. The third-order valence-corrected chi connectivity index (χ3v) is 4.98. The molecule has 0 saturated carbocycles. The predicted molar refractivity (Wildman–Crippen MR) is 89.2 cm³/mol. The van der Waals surface area contributed by atoms with Crippen molar-refractivity contribution >= 4 is 20.8 Å². The highest BCUT2D eigenvalue weighted by molar-refractivity contribution is 7.89. The molecule has 0 atom stereocenters. The first-order valence-corrected chi connectivity index (χ1v) is 8.57. The number of benzene rings is 3. The molecular weight excluding hydrogens is 294 g/mol. The zero-order valence-electron chi connectivity index (χ0n) is 12.3. The molecule has 3 aromatic rings. The van der Waals surface area contributed by atoms with Crippen LogP contribution in [0.2, 0.25) is 0 Å². The lowest BCUT2D eigenvalue weighted by Gasteiger charge is -2.08. The van der Waals surface area contributed by atoms with Crippen molar-refractivity contribution in [2.75, 3.05) is 0 Å². The van der Waals surface area contributed by atoms with Crippen LogP contribution in [-0.4, -0.2) is 8.42 Å². The molecule has 0 amide bonds. The van der Waals surface area contributed by atoms with Crippen molar-refractivity contribution in [2.45, 2.75) is 18.4 Å². The van der Waals surface area contributed by atoms with Crippen molar-refractivity contribution in [2.24, 2.45) is 0 Å². The molecule has 4 heteroatoms. The van der Waals surface area contributed by atoms with Crippen LogP contribution in [0.3, 0.4) is 0 Å². The maximum absolute atomic E-state index is 12.4. The number of hydrogen-bond acceptors (Lipinski definition) is 2. The van der Waals surface area contributed by atoms with E-state index in [1.54, 1.807) is 12.1 Å². The van der Waals surface area contributed by atoms with E-state index in [4.69, 9.17) is 0 Å². The van der Waals surface area contributed by atoms with Crippen molar-refractivity contribution in [1.82, 2.24) is 4.72 Å². The lowest BCUT2D eigenvalue weighted by Crippen LogP contribution is -2.23. The molecule has 0 bridgehead atoms. The molecule has 3 nitrogen and oxygen atoms in total. The summed E-state index contributed by atoms with van der Waals surface area (Å²) < 4.78 is 27.5. The van der Waals surface area contributed by atoms with Crippen LogP contribution in [0.4, 0.5) is 0 Å². The number of nitrogens with one attached hydrogen (secondary N) is 1. The summed E-state index contributed by atoms with van der Waals surface area (Å²) in [6.07, 6.45) is 0. The standard InChI is InChI=1S/C18H17NO2S/c1-14-5-4-6-15(11-14)13-19-22(20,21)18-10-9-16-7-2-3-8-17(16)12-18/h2-12,19H,13H2,1H3. The number of fused-ring (bicyclic) bond motifs is 1. The van der Waals surface area contributed by atoms with Gasteiger partial charge < -0.3 is 0 Å². The monoisotopic (exact) mass is 311 g/mol. The van der Waals surface area contributed by atoms with Gasteiger partial charge in [-0.05, 0) is 35.4 Å². The van der Waals surface area contributed by atoms with Crippen LogP contribution in [0.1, 0.15) is 11.1 Å². The van der Waals surface area contributed by atoms with E-state index < -0.39 is 10.0 Å². The summed E-state index contributed by atoms with van der Waals surface area (Å²) in [7, 11) is -3.51. The molecule has 22 heavy (non-hydrogen) atoms. The molecule has 0 aliphatic carbocycles. The van der Waals surface area contributed by atoms with Gasteiger partial charge in [0.1, 0.15) is 0 Å². The lowest BCUT2D eigenvalue weighted by molar-refractivity contribution is 0.581. The molecular formula is C18H17NO2S. The number of hydrogen-bond donors (Lipinski definition) is 1. The minimum atomic E-state index is -3.51. The van der Waals surface area contributed by atoms with Crippen LogP contribution in [0.5, 0.6) is 0 Å². The first-order valence-electron chi connectivity index (χ1n) is 7.09. The van der Waals surface area contributed by atoms with Crippen molar-refractivity contribution in [3.8, 4) is 0 Å². The Labute approximate surface area is 130 Å². The van der Waals surface area contributed by atoms with E-state index in [1.165, 1.54) is 0 Å². The number of sulfonamides is 1. The van der Waals surface area contributed by atoms with Crippen LogP contribution >= 0.6 is 0 Å². The highest BCUT2D eigenvalue weighted by Crippen LogP contribution is 2.19. The van der Waals surface area contributed by atoms with E-state index in [0.717, 1.165) is 21.9 Å². The van der Waals surface area contributed by atoms with E-state index >= 15 is 0 Å². The number of rotatable bonds is 4. The van der Waals surface area contributed by atoms with Gasteiger partial charge in [0.2, 0.25) is 10.0 Å². The van der Waals surface area contributed by atoms with Crippen LogP contribution < -0.4 is 4.72 Å². The van der Waals surface area contributed by atoms with Crippen molar-refractivity contribution < 1.29 is 8.42 Å². The Hall–Kier alpha value is -2.17. The van der Waals surface area contributed by atoms with Crippen LogP contribution in [-0.2, 0) is 16.6 Å². The third-order valence-electron chi connectivity index (χ3n) is 3.58. The zero-order chi connectivity index (χ0) is 15.6. The normalized spacial score (nSPS) is 11.7. The van der Waals surface area contributed by atoms with E-state index in [2.05, 4.69) is 4.72 Å². The molecule has 3 rings (SSSR count). The second-order valence-corrected chi connectivity index (χ2v) is 7.09. The van der Waals surface area contributed by atoms with Gasteiger partial charge in [0, 0.05) is 6.54 Å². The average molecular weight is 311 g/mol. The fraction of sp³-hybridized carbons (Fsp3) is 0.111. The molecule has 1 N–H and O–H groups in total. The molecule has 0 aliphatic heterocycles. The fourth-order valence-corrected chi connectivity index (χ4v) is 3.47. The molecule has 0 radical (unpaired) electrons. The predicted octanol–water partition coefficient (Wildman–Crippen LogP) is 3.63. The Bertz CT molecular complexity index is 917. The SMILES string of the molecule is Cc1cccc(CNS(=O)(=O)c2ccc3ccccc3c2)c1. The second-order valence-electron chi connectivity index (χ2n) is 5.32. The highest BCUT2D eigenvalue weighted by atomic mass is 32.2. The fourth-order valence-electron chi connectivity index (χ4n) is 2.42. The Morgan fingerprint density at radius 2 is 1.64 bits per heavy atom. The van der Waals surface area contributed by atoms with Gasteiger partial charge in [-0.2, -0.15) is 0 Å². The zero-order valence-corrected chi connectivity index (χ0v) is 13.1. The maximum atomic E-state index is 12.4. The quantitative estimate of drug-likeness (QED) is 0.800. The Morgan fingerprint density at radius 1 is 0.864 bits per heavy atom. The molecule has 0 aliphatic rings. The molecule has 0 fully saturated rings. The van der Waals surface area contributed by atoms with Gasteiger partial charge in [-0.3, -0.25) is 0 Å². The Morgan fingerprint density at radius 3 is 2.41 bits per heavy atom. The smallest absolute Gasteiger partial charge is 0.207 e. The lowest BCUT2D eigenvalue weighted by atomic mass is 10.1. The van der Waals surface area contributed by atoms with Gasteiger partial charge in [-0.1, -0.05) is 60.2 Å². The van der Waals surface area contributed by atoms with Crippen LogP contribution in [0.15, 0.2) is 71.6 Å². The van der Waals surface area contributed by atoms with Gasteiger partial charge >= 0.3 is 0 Å². The van der Waals surface area contributed by atoms with Gasteiger partial charge in [0.15, 0.2) is 0 Å². The van der Waals surface area contributed by atoms with E-state index in [9.17, 15) is 8.42 Å². The highest BCUT2D eigenvalue weighted by Gasteiger charge is 2.14. The van der Waals surface area contributed by atoms with E-state index in [0.29, 0.717) is 4.90 Å². The maximum Gasteiger partial charge on any atom is 0.240 e. The molecule has 0 unspecified atom stereocenters. The molecule has 3 aromatic carbocycles. The molecule has 112 valence electrons. The average Bonchev–Trinajstić information content (AvgIpc) is 2.53. The van der Waals surface area contributed by atoms with Crippen LogP contribution in [0, 0.1) is 6.92 Å². The first kappa shape index (κ1) is 14.8. The summed E-state index contributed by atoms with van der Waals surface area (Å²) in [4.78, 5) is 0.291. The van der Waals surface area contributed by atoms with Crippen LogP contribution in [0.25, 0.3) is 10.8 Å². The Balaban J connectivity index is 1.85. The first-order chi connectivity index (χ1) is 10.5. The largest absolute Gasteiger partial charge is 0.240 e. The second kappa shape index (κ2) is 5.91. The Kier molecular flexibility index (Phi) is 3.96. The summed E-state index contributed by atoms with van der Waals surface area (Å²) in [5.41, 5.74) is 2.06. The van der Waals surface area contributed by atoms with Crippen molar-refractivity contribution in [3.05, 3.63) is 77.9 Å². The molecule has 0 heterocycles. The third kappa shape index (κ3) is 3.18. The topological polar surface area (TPSA) is 46.2 Å². The van der Waals surface area contributed by atoms with Gasteiger partial charge in [-0.25, -0.2) is 13.1 Å². The minimum absolute atomic E-state index is 0.289. The summed E-state index contributed by atoms with van der Waals surface area (Å²) in [5.74, 6) is 0. The summed E-state index contributed by atoms with van der Waals surface area (Å²) in [5, 5.41) is 1.95. The van der Waals surface area contributed by atoms with Crippen molar-refractivity contribution in [3.63, 3.8) is 0 Å². The number of aryl methyl sites for hydroxylation is 1. The van der Waals surface area contributed by atoms with Crippen molar-refractivity contribution in [1.29, 1.82) is 0 Å². The molecule has 0 aromatic heterocycles. The van der Waals surface area contributed by atoms with Gasteiger partial charge in [0.25, 0.3) is 0 Å². The summed E-state index contributed by atoms with van der Waals surface area (Å²) in [6, 6.07) is 20.7. The van der Waals surface area contributed by atoms with Gasteiger partial charge in [-0.15, -0.1) is 0 Å². The van der Waals surface area contributed by atoms with E-state index in [1.807, 2.05) is 61.5 Å². The minimum Gasteiger partial charge on any atom is -0.207 e. The molecule has 0 saturated heterocycles.